The second kappa shape index (κ2) is 8.85. The molecule has 1 amide bonds. The largest absolute Gasteiger partial charge is 0.444 e. The third-order valence-electron chi connectivity index (χ3n) is 4.90. The average Bonchev–Trinajstić information content (AvgIpc) is 2.74. The van der Waals surface area contributed by atoms with E-state index >= 15 is 0 Å². The van der Waals surface area contributed by atoms with Crippen LogP contribution < -0.4 is 5.32 Å². The summed E-state index contributed by atoms with van der Waals surface area (Å²) in [5.74, 6) is -0.716. The summed E-state index contributed by atoms with van der Waals surface area (Å²) in [7, 11) is -1.91. The molecule has 1 rings (SSSR count). The Kier molecular flexibility index (Phi) is 8.24. The lowest BCUT2D eigenvalue weighted by Gasteiger charge is -2.37. The van der Waals surface area contributed by atoms with Crippen molar-refractivity contribution in [3.8, 4) is 0 Å². The second-order valence-electron chi connectivity index (χ2n) is 10.1. The number of amides is 1. The molecule has 1 aliphatic rings. The minimum atomic E-state index is -1.91. The quantitative estimate of drug-likeness (QED) is 0.311. The number of hydrogen-bond acceptors (Lipinski definition) is 5. The van der Waals surface area contributed by atoms with Crippen molar-refractivity contribution in [3.63, 3.8) is 0 Å². The van der Waals surface area contributed by atoms with E-state index in [-0.39, 0.29) is 23.3 Å². The summed E-state index contributed by atoms with van der Waals surface area (Å²) in [5.41, 5.74) is -0.545. The Morgan fingerprint density at radius 2 is 1.74 bits per heavy atom. The van der Waals surface area contributed by atoms with E-state index < -0.39 is 25.8 Å². The van der Waals surface area contributed by atoms with Crippen LogP contribution in [0.25, 0.3) is 0 Å². The first-order valence-corrected chi connectivity index (χ1v) is 14.0. The predicted octanol–water partition coefficient (Wildman–Crippen LogP) is 4.86. The average molecular weight is 516 g/mol. The van der Waals surface area contributed by atoms with Crippen LogP contribution in [0.4, 0.5) is 4.79 Å². The lowest BCUT2D eigenvalue weighted by Crippen LogP contribution is -2.52. The molecule has 0 spiro atoms. The lowest BCUT2D eigenvalue weighted by atomic mass is 10.1. The second-order valence-corrected chi connectivity index (χ2v) is 15.8. The summed E-state index contributed by atoms with van der Waals surface area (Å²) in [5, 5.41) is 3.06. The van der Waals surface area contributed by atoms with Crippen LogP contribution in [0, 0.1) is 0 Å². The van der Waals surface area contributed by atoms with Gasteiger partial charge >= 0.3 is 6.09 Å². The van der Waals surface area contributed by atoms with Gasteiger partial charge in [-0.25, -0.2) is 4.79 Å². The number of alkyl carbamates (subject to hydrolysis) is 1. The van der Waals surface area contributed by atoms with Gasteiger partial charge in [-0.15, -0.1) is 0 Å². The molecule has 1 N–H and O–H groups in total. The fourth-order valence-corrected chi connectivity index (χ4v) is 4.24. The zero-order valence-electron chi connectivity index (χ0n) is 18.6. The van der Waals surface area contributed by atoms with E-state index in [0.29, 0.717) is 11.0 Å². The summed E-state index contributed by atoms with van der Waals surface area (Å²) < 4.78 is 24.7. The van der Waals surface area contributed by atoms with Crippen molar-refractivity contribution in [2.24, 2.45) is 0 Å². The van der Waals surface area contributed by atoms with Crippen molar-refractivity contribution >= 4 is 37.0 Å². The molecule has 1 saturated heterocycles. The van der Waals surface area contributed by atoms with E-state index in [1.165, 1.54) is 0 Å². The molecule has 8 heteroatoms. The molecule has 0 aromatic carbocycles. The Bertz CT molecular complexity index is 513. The van der Waals surface area contributed by atoms with E-state index in [1.54, 1.807) is 0 Å². The molecule has 1 heterocycles. The number of ether oxygens (including phenoxy) is 3. The van der Waals surface area contributed by atoms with Gasteiger partial charge in [-0.05, 0) is 52.8 Å². The topological polar surface area (TPSA) is 66.0 Å². The fourth-order valence-electron chi connectivity index (χ4n) is 2.51. The maximum Gasteiger partial charge on any atom is 0.407 e. The molecule has 0 unspecified atom stereocenters. The van der Waals surface area contributed by atoms with Gasteiger partial charge in [0.2, 0.25) is 0 Å². The molecule has 0 aliphatic carbocycles. The highest BCUT2D eigenvalue weighted by atomic mass is 127. The van der Waals surface area contributed by atoms with E-state index in [9.17, 15) is 4.79 Å². The van der Waals surface area contributed by atoms with Crippen LogP contribution in [0.15, 0.2) is 0 Å². The van der Waals surface area contributed by atoms with Crippen LogP contribution in [-0.4, -0.2) is 55.1 Å². The number of alkyl halides is 1. The molecule has 0 bridgehead atoms. The normalized spacial score (nSPS) is 24.6. The zero-order chi connectivity index (χ0) is 21.3. The highest BCUT2D eigenvalue weighted by Crippen LogP contribution is 2.38. The summed E-state index contributed by atoms with van der Waals surface area (Å²) >= 11 is 2.25. The first-order valence-electron chi connectivity index (χ1n) is 9.52. The van der Waals surface area contributed by atoms with Gasteiger partial charge in [0.25, 0.3) is 0 Å². The molecule has 1 aliphatic heterocycles. The Balaban J connectivity index is 2.85. The summed E-state index contributed by atoms with van der Waals surface area (Å²) in [6, 6.07) is -0.227. The van der Waals surface area contributed by atoms with Crippen molar-refractivity contribution in [2.75, 3.05) is 11.0 Å². The minimum Gasteiger partial charge on any atom is -0.444 e. The molecule has 1 fully saturated rings. The number of carbonyl (C=O) groups excluding carboxylic acids is 1. The van der Waals surface area contributed by atoms with Gasteiger partial charge in [0.15, 0.2) is 14.1 Å². The molecule has 0 aromatic rings. The monoisotopic (exact) mass is 515 g/mol. The van der Waals surface area contributed by atoms with Crippen LogP contribution in [0.2, 0.25) is 18.1 Å². The van der Waals surface area contributed by atoms with Gasteiger partial charge in [-0.2, -0.15) is 0 Å². The minimum absolute atomic E-state index is 0.120. The van der Waals surface area contributed by atoms with E-state index in [0.717, 1.165) is 0 Å². The Labute approximate surface area is 179 Å². The first-order chi connectivity index (χ1) is 12.0. The van der Waals surface area contributed by atoms with Gasteiger partial charge < -0.3 is 24.0 Å². The van der Waals surface area contributed by atoms with Gasteiger partial charge in [-0.3, -0.25) is 0 Å². The van der Waals surface area contributed by atoms with Crippen LogP contribution in [0.3, 0.4) is 0 Å². The maximum absolute atomic E-state index is 12.2. The SMILES string of the molecule is CC(C)(C)OC(=O)N[C@H](CI)[C@@H]1OC(C)(C)O[C@H]1CO[Si](C)(C)C(C)(C)C. The van der Waals surface area contributed by atoms with Gasteiger partial charge in [0.05, 0.1) is 12.6 Å². The summed E-state index contributed by atoms with van der Waals surface area (Å²) in [4.78, 5) is 12.2. The highest BCUT2D eigenvalue weighted by molar-refractivity contribution is 14.1. The van der Waals surface area contributed by atoms with Crippen LogP contribution >= 0.6 is 22.6 Å². The van der Waals surface area contributed by atoms with Crippen molar-refractivity contribution in [1.29, 1.82) is 0 Å². The van der Waals surface area contributed by atoms with Gasteiger partial charge in [0, 0.05) is 4.43 Å². The molecule has 3 atom stereocenters. The molecule has 0 radical (unpaired) electrons. The van der Waals surface area contributed by atoms with E-state index in [2.05, 4.69) is 61.8 Å². The lowest BCUT2D eigenvalue weighted by molar-refractivity contribution is -0.150. The highest BCUT2D eigenvalue weighted by Gasteiger charge is 2.47. The first kappa shape index (κ1) is 25.1. The van der Waals surface area contributed by atoms with Crippen LogP contribution in [0.5, 0.6) is 0 Å². The number of carbonyl (C=O) groups is 1. The van der Waals surface area contributed by atoms with Crippen LogP contribution in [-0.2, 0) is 18.6 Å². The van der Waals surface area contributed by atoms with Crippen LogP contribution in [0.1, 0.15) is 55.4 Å². The van der Waals surface area contributed by atoms with Gasteiger partial charge in [0.1, 0.15) is 17.8 Å². The molecule has 0 aromatic heterocycles. The molecular formula is C19H38INO5Si. The van der Waals surface area contributed by atoms with E-state index in [4.69, 9.17) is 18.6 Å². The summed E-state index contributed by atoms with van der Waals surface area (Å²) in [6.07, 6.45) is -0.987. The number of rotatable bonds is 6. The zero-order valence-corrected chi connectivity index (χ0v) is 21.7. The fraction of sp³-hybridized carbons (Fsp3) is 0.947. The van der Waals surface area contributed by atoms with Crippen molar-refractivity contribution in [1.82, 2.24) is 5.32 Å². The number of hydrogen-bond donors (Lipinski definition) is 1. The summed E-state index contributed by atoms with van der Waals surface area (Å²) in [6.45, 7) is 20.9. The molecule has 27 heavy (non-hydrogen) atoms. The van der Waals surface area contributed by atoms with Crippen molar-refractivity contribution in [3.05, 3.63) is 0 Å². The third kappa shape index (κ3) is 7.79. The number of nitrogens with one attached hydrogen (secondary N) is 1. The van der Waals surface area contributed by atoms with Crippen molar-refractivity contribution in [2.45, 2.75) is 103 Å². The number of halogens is 1. The van der Waals surface area contributed by atoms with E-state index in [1.807, 2.05) is 34.6 Å². The predicted molar refractivity (Wildman–Crippen MR) is 119 cm³/mol. The standard InChI is InChI=1S/C19H38INO5Si/c1-17(2,3)26-16(22)21-13(11-20)15-14(24-19(7,8)25-15)12-23-27(9,10)18(4,5)6/h13-15H,11-12H2,1-10H3,(H,21,22)/t13-,14+,15+/m1/s1. The van der Waals surface area contributed by atoms with Crippen molar-refractivity contribution < 1.29 is 23.4 Å². The smallest absolute Gasteiger partial charge is 0.407 e. The molecule has 160 valence electrons. The Morgan fingerprint density at radius 1 is 1.19 bits per heavy atom. The Hall–Kier alpha value is 0.0969. The van der Waals surface area contributed by atoms with Gasteiger partial charge in [-0.1, -0.05) is 43.4 Å². The third-order valence-corrected chi connectivity index (χ3v) is 10.4. The molecule has 6 nitrogen and oxygen atoms in total. The maximum atomic E-state index is 12.2. The molecular weight excluding hydrogens is 477 g/mol. The molecule has 0 saturated carbocycles. The Morgan fingerprint density at radius 3 is 2.19 bits per heavy atom.